The fraction of sp³-hybridized carbons (Fsp3) is 1.00. The van der Waals surface area contributed by atoms with E-state index in [1.165, 1.54) is 0 Å². The van der Waals surface area contributed by atoms with Crippen LogP contribution in [0.2, 0.25) is 0 Å². The summed E-state index contributed by atoms with van der Waals surface area (Å²) in [6.45, 7) is 5.44. The molecule has 0 heterocycles. The molecule has 0 aliphatic carbocycles. The standard InChI is InChI=1S/C10H24N2O2/c1-10(12(4)7-8-13-5)14-9-6-11(2)3/h10H,6-9H2,1-5H3. The first-order valence-corrected chi connectivity index (χ1v) is 5.03. The van der Waals surface area contributed by atoms with Crippen molar-refractivity contribution in [1.29, 1.82) is 0 Å². The lowest BCUT2D eigenvalue weighted by Crippen LogP contribution is -2.35. The molecule has 0 radical (unpaired) electrons. The molecule has 0 bridgehead atoms. The average Bonchev–Trinajstić information content (AvgIpc) is 2.13. The summed E-state index contributed by atoms with van der Waals surface area (Å²) in [7, 11) is 7.84. The summed E-state index contributed by atoms with van der Waals surface area (Å²) < 4.78 is 10.6. The highest BCUT2D eigenvalue weighted by atomic mass is 16.5. The zero-order chi connectivity index (χ0) is 11.0. The van der Waals surface area contributed by atoms with Crippen LogP contribution in [0.1, 0.15) is 6.92 Å². The minimum atomic E-state index is 0.157. The number of nitrogens with zero attached hydrogens (tertiary/aromatic N) is 2. The van der Waals surface area contributed by atoms with Crippen LogP contribution < -0.4 is 0 Å². The van der Waals surface area contributed by atoms with E-state index < -0.39 is 0 Å². The Balaban J connectivity index is 3.46. The monoisotopic (exact) mass is 204 g/mol. The van der Waals surface area contributed by atoms with Crippen LogP contribution in [-0.4, -0.2) is 70.6 Å². The minimum Gasteiger partial charge on any atom is -0.383 e. The van der Waals surface area contributed by atoms with Crippen LogP contribution >= 0.6 is 0 Å². The fourth-order valence-electron chi connectivity index (χ4n) is 0.950. The van der Waals surface area contributed by atoms with Crippen LogP contribution in [0.15, 0.2) is 0 Å². The van der Waals surface area contributed by atoms with Gasteiger partial charge in [-0.15, -0.1) is 0 Å². The van der Waals surface area contributed by atoms with Crippen molar-refractivity contribution >= 4 is 0 Å². The van der Waals surface area contributed by atoms with E-state index in [-0.39, 0.29) is 6.23 Å². The number of likely N-dealkylation sites (N-methyl/N-ethyl adjacent to an activating group) is 2. The van der Waals surface area contributed by atoms with Gasteiger partial charge in [0.15, 0.2) is 0 Å². The molecule has 86 valence electrons. The minimum absolute atomic E-state index is 0.157. The summed E-state index contributed by atoms with van der Waals surface area (Å²) in [6, 6.07) is 0. The summed E-state index contributed by atoms with van der Waals surface area (Å²) in [6.07, 6.45) is 0.157. The Morgan fingerprint density at radius 2 is 1.71 bits per heavy atom. The van der Waals surface area contributed by atoms with Gasteiger partial charge in [-0.1, -0.05) is 0 Å². The number of rotatable bonds is 8. The van der Waals surface area contributed by atoms with E-state index in [0.717, 1.165) is 26.3 Å². The van der Waals surface area contributed by atoms with Crippen molar-refractivity contribution in [3.8, 4) is 0 Å². The van der Waals surface area contributed by atoms with Gasteiger partial charge in [0.25, 0.3) is 0 Å². The Hall–Kier alpha value is -0.160. The molecule has 0 amide bonds. The summed E-state index contributed by atoms with van der Waals surface area (Å²) in [5.74, 6) is 0. The number of methoxy groups -OCH3 is 1. The smallest absolute Gasteiger partial charge is 0.107 e. The molecule has 0 rings (SSSR count). The van der Waals surface area contributed by atoms with Crippen molar-refractivity contribution in [2.24, 2.45) is 0 Å². The number of hydrogen-bond donors (Lipinski definition) is 0. The maximum atomic E-state index is 5.64. The number of hydrogen-bond acceptors (Lipinski definition) is 4. The lowest BCUT2D eigenvalue weighted by atomic mass is 10.5. The molecule has 0 aromatic rings. The summed E-state index contributed by atoms with van der Waals surface area (Å²) in [4.78, 5) is 4.25. The fourth-order valence-corrected chi connectivity index (χ4v) is 0.950. The molecule has 1 unspecified atom stereocenters. The van der Waals surface area contributed by atoms with E-state index >= 15 is 0 Å². The number of ether oxygens (including phenoxy) is 2. The normalized spacial score (nSPS) is 13.9. The van der Waals surface area contributed by atoms with Crippen molar-refractivity contribution in [2.45, 2.75) is 13.2 Å². The second kappa shape index (κ2) is 8.17. The molecule has 0 N–H and O–H groups in total. The van der Waals surface area contributed by atoms with Gasteiger partial charge >= 0.3 is 0 Å². The van der Waals surface area contributed by atoms with Gasteiger partial charge in [-0.3, -0.25) is 4.90 Å². The molecule has 0 aromatic heterocycles. The Morgan fingerprint density at radius 3 is 2.21 bits per heavy atom. The third-order valence-corrected chi connectivity index (χ3v) is 2.17. The van der Waals surface area contributed by atoms with Crippen molar-refractivity contribution in [3.63, 3.8) is 0 Å². The highest BCUT2D eigenvalue weighted by Crippen LogP contribution is 1.97. The molecule has 0 fully saturated rings. The first-order chi connectivity index (χ1) is 6.57. The van der Waals surface area contributed by atoms with E-state index in [4.69, 9.17) is 9.47 Å². The average molecular weight is 204 g/mol. The molecular formula is C10H24N2O2. The van der Waals surface area contributed by atoms with E-state index in [0.29, 0.717) is 0 Å². The molecule has 0 aromatic carbocycles. The molecule has 0 aliphatic rings. The summed E-state index contributed by atoms with van der Waals surface area (Å²) >= 11 is 0. The molecule has 14 heavy (non-hydrogen) atoms. The van der Waals surface area contributed by atoms with E-state index in [2.05, 4.69) is 16.7 Å². The van der Waals surface area contributed by atoms with Gasteiger partial charge in [0, 0.05) is 20.2 Å². The largest absolute Gasteiger partial charge is 0.383 e. The second-order valence-corrected chi connectivity index (χ2v) is 3.75. The Kier molecular flexibility index (Phi) is 8.08. The quantitative estimate of drug-likeness (QED) is 0.537. The molecular weight excluding hydrogens is 180 g/mol. The predicted molar refractivity (Wildman–Crippen MR) is 58.5 cm³/mol. The van der Waals surface area contributed by atoms with Crippen LogP contribution in [0.3, 0.4) is 0 Å². The van der Waals surface area contributed by atoms with Gasteiger partial charge in [-0.2, -0.15) is 0 Å². The molecule has 0 saturated heterocycles. The predicted octanol–water partition coefficient (Wildman–Crippen LogP) is 0.489. The lowest BCUT2D eigenvalue weighted by Gasteiger charge is -2.25. The summed E-state index contributed by atoms with van der Waals surface area (Å²) in [5.41, 5.74) is 0. The van der Waals surface area contributed by atoms with Gasteiger partial charge < -0.3 is 14.4 Å². The molecule has 4 heteroatoms. The zero-order valence-corrected chi connectivity index (χ0v) is 10.1. The van der Waals surface area contributed by atoms with Crippen molar-refractivity contribution in [2.75, 3.05) is 54.6 Å². The highest BCUT2D eigenvalue weighted by molar-refractivity contribution is 4.53. The van der Waals surface area contributed by atoms with Crippen LogP contribution in [0, 0.1) is 0 Å². The lowest BCUT2D eigenvalue weighted by molar-refractivity contribution is -0.0453. The van der Waals surface area contributed by atoms with Crippen LogP contribution in [0.5, 0.6) is 0 Å². The van der Waals surface area contributed by atoms with Gasteiger partial charge in [-0.05, 0) is 28.1 Å². The summed E-state index contributed by atoms with van der Waals surface area (Å²) in [5, 5.41) is 0. The van der Waals surface area contributed by atoms with Crippen molar-refractivity contribution in [3.05, 3.63) is 0 Å². The molecule has 1 atom stereocenters. The Bertz CT molecular complexity index is 131. The molecule has 0 aliphatic heterocycles. The molecule has 4 nitrogen and oxygen atoms in total. The van der Waals surface area contributed by atoms with Crippen molar-refractivity contribution in [1.82, 2.24) is 9.80 Å². The SMILES string of the molecule is COCCN(C)C(C)OCCN(C)C. The third-order valence-electron chi connectivity index (χ3n) is 2.17. The van der Waals surface area contributed by atoms with E-state index in [1.807, 2.05) is 21.1 Å². The first-order valence-electron chi connectivity index (χ1n) is 5.03. The van der Waals surface area contributed by atoms with Gasteiger partial charge in [0.05, 0.1) is 13.2 Å². The second-order valence-electron chi connectivity index (χ2n) is 3.75. The molecule has 0 saturated carbocycles. The maximum Gasteiger partial charge on any atom is 0.107 e. The highest BCUT2D eigenvalue weighted by Gasteiger charge is 2.08. The van der Waals surface area contributed by atoms with Gasteiger partial charge in [0.1, 0.15) is 6.23 Å². The topological polar surface area (TPSA) is 24.9 Å². The zero-order valence-electron chi connectivity index (χ0n) is 10.1. The van der Waals surface area contributed by atoms with Crippen LogP contribution in [0.25, 0.3) is 0 Å². The first kappa shape index (κ1) is 13.8. The van der Waals surface area contributed by atoms with E-state index in [9.17, 15) is 0 Å². The van der Waals surface area contributed by atoms with Crippen LogP contribution in [0.4, 0.5) is 0 Å². The van der Waals surface area contributed by atoms with Gasteiger partial charge in [0.2, 0.25) is 0 Å². The molecule has 0 spiro atoms. The van der Waals surface area contributed by atoms with Crippen LogP contribution in [-0.2, 0) is 9.47 Å². The third kappa shape index (κ3) is 7.26. The van der Waals surface area contributed by atoms with E-state index in [1.54, 1.807) is 7.11 Å². The maximum absolute atomic E-state index is 5.64. The Morgan fingerprint density at radius 1 is 1.07 bits per heavy atom. The Labute approximate surface area is 87.8 Å². The van der Waals surface area contributed by atoms with Gasteiger partial charge in [-0.25, -0.2) is 0 Å². The van der Waals surface area contributed by atoms with Crippen molar-refractivity contribution < 1.29 is 9.47 Å².